The summed E-state index contributed by atoms with van der Waals surface area (Å²) in [5.41, 5.74) is 6.39. The number of aromatic nitrogens is 1. The summed E-state index contributed by atoms with van der Waals surface area (Å²) in [6.07, 6.45) is 5.48. The van der Waals surface area contributed by atoms with E-state index < -0.39 is 0 Å². The minimum Gasteiger partial charge on any atom is -0.389 e. The van der Waals surface area contributed by atoms with E-state index in [1.807, 2.05) is 12.1 Å². The molecule has 2 N–H and O–H groups in total. The third kappa shape index (κ3) is 2.16. The molecule has 1 unspecified atom stereocenters. The average molecular weight is 235 g/mol. The number of thiocarbonyl (C=S) groups is 1. The predicted molar refractivity (Wildman–Crippen MR) is 70.8 cm³/mol. The summed E-state index contributed by atoms with van der Waals surface area (Å²) >= 11 is 4.91. The lowest BCUT2D eigenvalue weighted by Gasteiger charge is -2.24. The molecule has 1 saturated heterocycles. The predicted octanol–water partition coefficient (Wildman–Crippen LogP) is 2.09. The summed E-state index contributed by atoms with van der Waals surface area (Å²) in [5, 5.41) is 0. The van der Waals surface area contributed by atoms with E-state index in [1.165, 1.54) is 19.3 Å². The molecule has 4 heteroatoms. The summed E-state index contributed by atoms with van der Waals surface area (Å²) in [6, 6.07) is 4.61. The number of pyridine rings is 1. The van der Waals surface area contributed by atoms with Gasteiger partial charge >= 0.3 is 0 Å². The SMILES string of the molecule is CCC1CCCN1c1ccc(C(N)=S)cn1. The zero-order valence-electron chi connectivity index (χ0n) is 9.52. The van der Waals surface area contributed by atoms with Crippen molar-refractivity contribution >= 4 is 23.0 Å². The minimum absolute atomic E-state index is 0.410. The fourth-order valence-electron chi connectivity index (χ4n) is 2.26. The van der Waals surface area contributed by atoms with Crippen LogP contribution in [-0.2, 0) is 0 Å². The highest BCUT2D eigenvalue weighted by Gasteiger charge is 2.23. The molecule has 1 aliphatic rings. The number of anilines is 1. The Bertz CT molecular complexity index is 374. The maximum absolute atomic E-state index is 5.55. The van der Waals surface area contributed by atoms with Gasteiger partial charge in [-0.2, -0.15) is 0 Å². The zero-order valence-corrected chi connectivity index (χ0v) is 10.3. The highest BCUT2D eigenvalue weighted by atomic mass is 32.1. The molecule has 0 aliphatic carbocycles. The second-order valence-corrected chi connectivity index (χ2v) is 4.61. The van der Waals surface area contributed by atoms with Crippen LogP contribution in [0.5, 0.6) is 0 Å². The van der Waals surface area contributed by atoms with Gasteiger partial charge in [0.2, 0.25) is 0 Å². The van der Waals surface area contributed by atoms with Gasteiger partial charge in [-0.25, -0.2) is 4.98 Å². The summed E-state index contributed by atoms with van der Waals surface area (Å²) in [7, 11) is 0. The third-order valence-corrected chi connectivity index (χ3v) is 3.41. The highest BCUT2D eigenvalue weighted by Crippen LogP contribution is 2.25. The maximum atomic E-state index is 5.55. The van der Waals surface area contributed by atoms with Crippen LogP contribution >= 0.6 is 12.2 Å². The molecule has 2 heterocycles. The van der Waals surface area contributed by atoms with E-state index in [4.69, 9.17) is 18.0 Å². The van der Waals surface area contributed by atoms with Crippen LogP contribution < -0.4 is 10.6 Å². The Labute approximate surface area is 102 Å². The van der Waals surface area contributed by atoms with Crippen LogP contribution in [0.3, 0.4) is 0 Å². The van der Waals surface area contributed by atoms with Crippen LogP contribution in [0.1, 0.15) is 31.7 Å². The van der Waals surface area contributed by atoms with Gasteiger partial charge in [-0.05, 0) is 31.4 Å². The number of hydrogen-bond acceptors (Lipinski definition) is 3. The van der Waals surface area contributed by atoms with E-state index in [9.17, 15) is 0 Å². The lowest BCUT2D eigenvalue weighted by molar-refractivity contribution is 0.640. The van der Waals surface area contributed by atoms with Gasteiger partial charge < -0.3 is 10.6 Å². The standard InChI is InChI=1S/C12H17N3S/c1-2-10-4-3-7-15(10)11-6-5-9(8-14-11)12(13)16/h5-6,8,10H,2-4,7H2,1H3,(H2,13,16). The van der Waals surface area contributed by atoms with Gasteiger partial charge in [0, 0.05) is 24.3 Å². The minimum atomic E-state index is 0.410. The second kappa shape index (κ2) is 4.78. The van der Waals surface area contributed by atoms with Crippen molar-refractivity contribution in [3.8, 4) is 0 Å². The number of nitrogens with zero attached hydrogens (tertiary/aromatic N) is 2. The average Bonchev–Trinajstić information content (AvgIpc) is 2.77. The van der Waals surface area contributed by atoms with Crippen LogP contribution in [0.15, 0.2) is 18.3 Å². The molecule has 2 rings (SSSR count). The van der Waals surface area contributed by atoms with E-state index in [2.05, 4.69) is 16.8 Å². The molecular formula is C12H17N3S. The molecule has 0 amide bonds. The highest BCUT2D eigenvalue weighted by molar-refractivity contribution is 7.80. The lowest BCUT2D eigenvalue weighted by Crippen LogP contribution is -2.29. The topological polar surface area (TPSA) is 42.1 Å². The Kier molecular flexibility index (Phi) is 3.39. The van der Waals surface area contributed by atoms with Gasteiger partial charge in [-0.15, -0.1) is 0 Å². The van der Waals surface area contributed by atoms with Gasteiger partial charge in [-0.3, -0.25) is 0 Å². The van der Waals surface area contributed by atoms with Crippen molar-refractivity contribution in [3.63, 3.8) is 0 Å². The first-order valence-electron chi connectivity index (χ1n) is 5.75. The summed E-state index contributed by atoms with van der Waals surface area (Å²) < 4.78 is 0. The monoisotopic (exact) mass is 235 g/mol. The fraction of sp³-hybridized carbons (Fsp3) is 0.500. The second-order valence-electron chi connectivity index (χ2n) is 4.17. The number of nitrogens with two attached hydrogens (primary N) is 1. The molecular weight excluding hydrogens is 218 g/mol. The summed E-state index contributed by atoms with van der Waals surface area (Å²) in [4.78, 5) is 7.23. The maximum Gasteiger partial charge on any atom is 0.128 e. The van der Waals surface area contributed by atoms with Gasteiger partial charge in [0.25, 0.3) is 0 Å². The summed E-state index contributed by atoms with van der Waals surface area (Å²) in [6.45, 7) is 3.34. The van der Waals surface area contributed by atoms with Gasteiger partial charge in [0.1, 0.15) is 10.8 Å². The van der Waals surface area contributed by atoms with Crippen molar-refractivity contribution in [1.82, 2.24) is 4.98 Å². The molecule has 1 fully saturated rings. The normalized spacial score (nSPS) is 20.1. The first kappa shape index (κ1) is 11.3. The van der Waals surface area contributed by atoms with Crippen LogP contribution in [0.2, 0.25) is 0 Å². The quantitative estimate of drug-likeness (QED) is 0.815. The molecule has 0 saturated carbocycles. The van der Waals surface area contributed by atoms with Crippen molar-refractivity contribution in [2.45, 2.75) is 32.2 Å². The van der Waals surface area contributed by atoms with Crippen molar-refractivity contribution in [3.05, 3.63) is 23.9 Å². The third-order valence-electron chi connectivity index (χ3n) is 3.18. The smallest absolute Gasteiger partial charge is 0.128 e. The first-order chi connectivity index (χ1) is 7.72. The van der Waals surface area contributed by atoms with Crippen molar-refractivity contribution < 1.29 is 0 Å². The Morgan fingerprint density at radius 1 is 1.62 bits per heavy atom. The Morgan fingerprint density at radius 3 is 3.00 bits per heavy atom. The van der Waals surface area contributed by atoms with Gasteiger partial charge in [-0.1, -0.05) is 19.1 Å². The van der Waals surface area contributed by atoms with Gasteiger partial charge in [0.15, 0.2) is 0 Å². The van der Waals surface area contributed by atoms with E-state index >= 15 is 0 Å². The van der Waals surface area contributed by atoms with Crippen LogP contribution in [-0.4, -0.2) is 22.6 Å². The van der Waals surface area contributed by atoms with E-state index in [1.54, 1.807) is 6.20 Å². The molecule has 0 radical (unpaired) electrons. The molecule has 1 atom stereocenters. The largest absolute Gasteiger partial charge is 0.389 e. The van der Waals surface area contributed by atoms with E-state index in [0.29, 0.717) is 11.0 Å². The van der Waals surface area contributed by atoms with Gasteiger partial charge in [0.05, 0.1) is 0 Å². The Balaban J connectivity index is 2.18. The Hall–Kier alpha value is -1.16. The van der Waals surface area contributed by atoms with Crippen LogP contribution in [0, 0.1) is 0 Å². The molecule has 86 valence electrons. The number of hydrogen-bond donors (Lipinski definition) is 1. The lowest BCUT2D eigenvalue weighted by atomic mass is 10.2. The van der Waals surface area contributed by atoms with Crippen LogP contribution in [0.4, 0.5) is 5.82 Å². The zero-order chi connectivity index (χ0) is 11.5. The van der Waals surface area contributed by atoms with Crippen molar-refractivity contribution in [2.75, 3.05) is 11.4 Å². The molecule has 1 aromatic rings. The fourth-order valence-corrected chi connectivity index (χ4v) is 2.38. The molecule has 16 heavy (non-hydrogen) atoms. The molecule has 0 aromatic carbocycles. The number of rotatable bonds is 3. The van der Waals surface area contributed by atoms with E-state index in [-0.39, 0.29) is 0 Å². The Morgan fingerprint density at radius 2 is 2.44 bits per heavy atom. The molecule has 1 aromatic heterocycles. The van der Waals surface area contributed by atoms with Crippen molar-refractivity contribution in [2.24, 2.45) is 5.73 Å². The summed E-state index contributed by atoms with van der Waals surface area (Å²) in [5.74, 6) is 1.05. The molecule has 3 nitrogen and oxygen atoms in total. The van der Waals surface area contributed by atoms with Crippen LogP contribution in [0.25, 0.3) is 0 Å². The molecule has 0 bridgehead atoms. The van der Waals surface area contributed by atoms with Crippen molar-refractivity contribution in [1.29, 1.82) is 0 Å². The van der Waals surface area contributed by atoms with E-state index in [0.717, 1.165) is 17.9 Å². The first-order valence-corrected chi connectivity index (χ1v) is 6.15. The molecule has 0 spiro atoms. The molecule has 1 aliphatic heterocycles.